The third-order valence-electron chi connectivity index (χ3n) is 4.94. The second kappa shape index (κ2) is 6.57. The van der Waals surface area contributed by atoms with Crippen molar-refractivity contribution in [3.63, 3.8) is 0 Å². The number of hydrogen-bond donors (Lipinski definition) is 1. The maximum Gasteiger partial charge on any atom is 0.162 e. The largest absolute Gasteiger partial charge is 0.383 e. The van der Waals surface area contributed by atoms with Crippen LogP contribution in [0.3, 0.4) is 0 Å². The molecule has 2 N–H and O–H groups in total. The monoisotopic (exact) mass is 414 g/mol. The molecule has 1 aromatic rings. The molecule has 0 amide bonds. The van der Waals surface area contributed by atoms with Crippen LogP contribution >= 0.6 is 15.9 Å². The van der Waals surface area contributed by atoms with E-state index < -0.39 is 5.92 Å². The quantitative estimate of drug-likeness (QED) is 0.798. The van der Waals surface area contributed by atoms with Crippen molar-refractivity contribution in [3.05, 3.63) is 57.0 Å². The molecule has 3 rings (SSSR count). The average Bonchev–Trinajstić information content (AvgIpc) is 2.52. The van der Waals surface area contributed by atoms with Gasteiger partial charge in [-0.2, -0.15) is 5.26 Å². The Hall–Kier alpha value is -2.10. The highest BCUT2D eigenvalue weighted by Gasteiger charge is 2.44. The van der Waals surface area contributed by atoms with Gasteiger partial charge < -0.3 is 5.73 Å². The molecule has 0 bridgehead atoms. The van der Waals surface area contributed by atoms with Gasteiger partial charge in [0.1, 0.15) is 5.82 Å². The van der Waals surface area contributed by atoms with Crippen molar-refractivity contribution in [2.45, 2.75) is 32.6 Å². The van der Waals surface area contributed by atoms with Crippen LogP contribution in [0.25, 0.3) is 0 Å². The summed E-state index contributed by atoms with van der Waals surface area (Å²) in [6.07, 6.45) is 1.20. The second-order valence-corrected chi connectivity index (χ2v) is 8.77. The number of benzene rings is 1. The average molecular weight is 415 g/mol. The number of Topliss-reactive ketones (excluding diaryl/α,β-unsaturated/α-hetero) is 1. The zero-order valence-electron chi connectivity index (χ0n) is 15.5. The molecule has 0 fully saturated rings. The lowest BCUT2D eigenvalue weighted by Crippen LogP contribution is -2.47. The number of allylic oxidation sites excluding steroid dienone is 3. The predicted molar refractivity (Wildman–Crippen MR) is 104 cm³/mol. The molecule has 1 aliphatic heterocycles. The number of hydrogen-bond acceptors (Lipinski definition) is 5. The van der Waals surface area contributed by atoms with Gasteiger partial charge in [-0.25, -0.2) is 5.01 Å². The van der Waals surface area contributed by atoms with E-state index in [4.69, 9.17) is 5.73 Å². The Morgan fingerprint density at radius 3 is 2.62 bits per heavy atom. The van der Waals surface area contributed by atoms with E-state index in [1.165, 1.54) is 0 Å². The summed E-state index contributed by atoms with van der Waals surface area (Å²) in [6, 6.07) is 10.0. The first kappa shape index (κ1) is 18.7. The lowest BCUT2D eigenvalue weighted by molar-refractivity contribution is -0.119. The van der Waals surface area contributed by atoms with E-state index in [1.807, 2.05) is 48.4 Å². The number of ketones is 1. The molecule has 0 spiro atoms. The summed E-state index contributed by atoms with van der Waals surface area (Å²) in [5.74, 6) is 0.0624. The molecule has 136 valence electrons. The highest BCUT2D eigenvalue weighted by molar-refractivity contribution is 9.10. The van der Waals surface area contributed by atoms with E-state index >= 15 is 0 Å². The Morgan fingerprint density at radius 2 is 2.04 bits per heavy atom. The van der Waals surface area contributed by atoms with Crippen molar-refractivity contribution < 1.29 is 4.79 Å². The summed E-state index contributed by atoms with van der Waals surface area (Å²) < 4.78 is 0.909. The first-order valence-electron chi connectivity index (χ1n) is 8.55. The standard InChI is InChI=1S/C20H23BrN4O/c1-20(2)9-15-18(16(26)10-20)17(12-6-5-7-13(21)8-12)14(11-22)19(23)25(15)24(3)4/h5-8,17H,9-10,23H2,1-4H3/t17-/m0/s1. The number of nitriles is 1. The molecule has 2 aliphatic rings. The zero-order chi connectivity index (χ0) is 19.2. The van der Waals surface area contributed by atoms with Crippen LogP contribution in [0, 0.1) is 16.7 Å². The number of halogens is 1. The van der Waals surface area contributed by atoms with Crippen molar-refractivity contribution in [1.29, 1.82) is 5.26 Å². The minimum absolute atomic E-state index is 0.0910. The van der Waals surface area contributed by atoms with Gasteiger partial charge in [0.2, 0.25) is 0 Å². The minimum Gasteiger partial charge on any atom is -0.383 e. The molecule has 1 aromatic carbocycles. The molecule has 1 atom stereocenters. The number of nitrogens with two attached hydrogens (primary N) is 1. The van der Waals surface area contributed by atoms with Crippen molar-refractivity contribution in [3.8, 4) is 6.07 Å². The van der Waals surface area contributed by atoms with Crippen LogP contribution in [-0.4, -0.2) is 29.9 Å². The first-order chi connectivity index (χ1) is 12.2. The van der Waals surface area contributed by atoms with E-state index in [1.54, 1.807) is 0 Å². The van der Waals surface area contributed by atoms with Crippen LogP contribution in [0.5, 0.6) is 0 Å². The number of carbonyl (C=O) groups excluding carboxylic acids is 1. The van der Waals surface area contributed by atoms with Gasteiger partial charge in [0.05, 0.1) is 17.6 Å². The Bertz CT molecular complexity index is 876. The maximum atomic E-state index is 13.2. The third kappa shape index (κ3) is 3.06. The van der Waals surface area contributed by atoms with Gasteiger partial charge in [0, 0.05) is 36.3 Å². The van der Waals surface area contributed by atoms with Gasteiger partial charge in [-0.3, -0.25) is 9.80 Å². The predicted octanol–water partition coefficient (Wildman–Crippen LogP) is 3.66. The number of nitrogens with zero attached hydrogens (tertiary/aromatic N) is 3. The second-order valence-electron chi connectivity index (χ2n) is 7.86. The zero-order valence-corrected chi connectivity index (χ0v) is 17.1. The fraction of sp³-hybridized carbons (Fsp3) is 0.400. The van der Waals surface area contributed by atoms with Crippen molar-refractivity contribution in [2.75, 3.05) is 14.1 Å². The Labute approximate surface area is 162 Å². The molecule has 0 unspecified atom stereocenters. The van der Waals surface area contributed by atoms with Gasteiger partial charge >= 0.3 is 0 Å². The Kier molecular flexibility index (Phi) is 4.72. The molecular weight excluding hydrogens is 392 g/mol. The highest BCUT2D eigenvalue weighted by Crippen LogP contribution is 2.49. The van der Waals surface area contributed by atoms with Gasteiger partial charge in [-0.15, -0.1) is 0 Å². The summed E-state index contributed by atoms with van der Waals surface area (Å²) in [5.41, 5.74) is 9.20. The van der Waals surface area contributed by atoms with E-state index in [2.05, 4.69) is 35.8 Å². The third-order valence-corrected chi connectivity index (χ3v) is 5.43. The SMILES string of the molecule is CN(C)N1C(N)=C(C#N)[C@H](c2cccc(Br)c2)C2=C1CC(C)(C)CC2=O. The van der Waals surface area contributed by atoms with Gasteiger partial charge in [0.25, 0.3) is 0 Å². The normalized spacial score (nSPS) is 22.6. The highest BCUT2D eigenvalue weighted by atomic mass is 79.9. The van der Waals surface area contributed by atoms with Crippen LogP contribution in [0.1, 0.15) is 38.2 Å². The summed E-state index contributed by atoms with van der Waals surface area (Å²) in [6.45, 7) is 4.19. The fourth-order valence-electron chi connectivity index (χ4n) is 3.97. The number of carbonyl (C=O) groups is 1. The molecule has 1 aliphatic carbocycles. The van der Waals surface area contributed by atoms with Gasteiger partial charge in [0.15, 0.2) is 5.78 Å². The minimum atomic E-state index is -0.424. The van der Waals surface area contributed by atoms with Crippen LogP contribution in [-0.2, 0) is 4.79 Å². The van der Waals surface area contributed by atoms with Crippen molar-refractivity contribution in [2.24, 2.45) is 11.1 Å². The molecule has 1 heterocycles. The topological polar surface area (TPSA) is 73.4 Å². The smallest absolute Gasteiger partial charge is 0.162 e. The van der Waals surface area contributed by atoms with E-state index in [9.17, 15) is 10.1 Å². The van der Waals surface area contributed by atoms with E-state index in [0.717, 1.165) is 22.2 Å². The summed E-state index contributed by atoms with van der Waals surface area (Å²) in [5, 5.41) is 13.5. The fourth-order valence-corrected chi connectivity index (χ4v) is 4.39. The molecule has 26 heavy (non-hydrogen) atoms. The molecule has 5 nitrogen and oxygen atoms in total. The van der Waals surface area contributed by atoms with Crippen molar-refractivity contribution in [1.82, 2.24) is 10.0 Å². The van der Waals surface area contributed by atoms with Crippen LogP contribution < -0.4 is 5.73 Å². The summed E-state index contributed by atoms with van der Waals surface area (Å²) in [7, 11) is 3.75. The molecule has 0 aromatic heterocycles. The lowest BCUT2D eigenvalue weighted by Gasteiger charge is -2.45. The van der Waals surface area contributed by atoms with Crippen LogP contribution in [0.15, 0.2) is 51.4 Å². The summed E-state index contributed by atoms with van der Waals surface area (Å²) in [4.78, 5) is 13.2. The van der Waals surface area contributed by atoms with Crippen molar-refractivity contribution >= 4 is 21.7 Å². The summed E-state index contributed by atoms with van der Waals surface area (Å²) >= 11 is 3.49. The first-order valence-corrected chi connectivity index (χ1v) is 9.34. The van der Waals surface area contributed by atoms with Crippen LogP contribution in [0.4, 0.5) is 0 Å². The molecule has 6 heteroatoms. The van der Waals surface area contributed by atoms with E-state index in [0.29, 0.717) is 23.4 Å². The number of hydrazine groups is 1. The molecule has 0 radical (unpaired) electrons. The Morgan fingerprint density at radius 1 is 1.35 bits per heavy atom. The van der Waals surface area contributed by atoms with Gasteiger partial charge in [-0.05, 0) is 29.5 Å². The molecule has 0 saturated carbocycles. The molecule has 0 saturated heterocycles. The van der Waals surface area contributed by atoms with Crippen LogP contribution in [0.2, 0.25) is 0 Å². The maximum absolute atomic E-state index is 13.2. The van der Waals surface area contributed by atoms with E-state index in [-0.39, 0.29) is 11.2 Å². The van der Waals surface area contributed by atoms with Gasteiger partial charge in [-0.1, -0.05) is 41.9 Å². The molecular formula is C20H23BrN4O. The Balaban J connectivity index is 2.30. The lowest BCUT2D eigenvalue weighted by atomic mass is 9.69. The number of rotatable bonds is 2.